The van der Waals surface area contributed by atoms with E-state index in [0.717, 1.165) is 44.8 Å². The molecule has 110 valence electrons. The number of likely N-dealkylation sites (tertiary alicyclic amines) is 1. The Balaban J connectivity index is 0.00000133. The summed E-state index contributed by atoms with van der Waals surface area (Å²) in [5, 5.41) is 9.55. The molecule has 3 aliphatic rings. The summed E-state index contributed by atoms with van der Waals surface area (Å²) in [6.45, 7) is 2.99. The number of carbonyl (C=O) groups is 1. The van der Waals surface area contributed by atoms with Crippen molar-refractivity contribution in [2.75, 3.05) is 19.6 Å². The van der Waals surface area contributed by atoms with Crippen molar-refractivity contribution in [3.8, 4) is 0 Å². The summed E-state index contributed by atoms with van der Waals surface area (Å²) < 4.78 is 0. The Hall–Kier alpha value is -0.280. The van der Waals surface area contributed by atoms with Gasteiger partial charge in [-0.3, -0.25) is 4.79 Å². The maximum absolute atomic E-state index is 11.6. The second kappa shape index (κ2) is 6.01. The SMILES string of the molecule is Cl.O=C(O)[C@@]12CCC[C@H]1CN(CCC1CCCC1)C2. The van der Waals surface area contributed by atoms with Gasteiger partial charge in [0, 0.05) is 13.1 Å². The van der Waals surface area contributed by atoms with Gasteiger partial charge >= 0.3 is 5.97 Å². The number of aliphatic carboxylic acids is 1. The van der Waals surface area contributed by atoms with Crippen molar-refractivity contribution in [3.05, 3.63) is 0 Å². The second-order valence-electron chi connectivity index (χ2n) is 6.72. The van der Waals surface area contributed by atoms with E-state index in [0.29, 0.717) is 5.92 Å². The van der Waals surface area contributed by atoms with Gasteiger partial charge in [-0.25, -0.2) is 0 Å². The molecule has 2 atom stereocenters. The van der Waals surface area contributed by atoms with Crippen LogP contribution in [0.25, 0.3) is 0 Å². The van der Waals surface area contributed by atoms with Crippen LogP contribution in [0.4, 0.5) is 0 Å². The summed E-state index contributed by atoms with van der Waals surface area (Å²) in [5.74, 6) is 0.818. The lowest BCUT2D eigenvalue weighted by atomic mass is 9.81. The van der Waals surface area contributed by atoms with Crippen LogP contribution in [0.2, 0.25) is 0 Å². The third-order valence-electron chi connectivity index (χ3n) is 5.70. The maximum atomic E-state index is 11.6. The molecule has 19 heavy (non-hydrogen) atoms. The Kier molecular flexibility index (Phi) is 4.78. The maximum Gasteiger partial charge on any atom is 0.311 e. The molecule has 3 fully saturated rings. The average molecular weight is 288 g/mol. The Labute approximate surface area is 122 Å². The van der Waals surface area contributed by atoms with Gasteiger partial charge in [-0.15, -0.1) is 12.4 Å². The molecule has 0 bridgehead atoms. The van der Waals surface area contributed by atoms with E-state index in [1.54, 1.807) is 0 Å². The first-order chi connectivity index (χ1) is 8.71. The van der Waals surface area contributed by atoms with Crippen LogP contribution >= 0.6 is 12.4 Å². The summed E-state index contributed by atoms with van der Waals surface area (Å²) in [6.07, 6.45) is 10.1. The highest BCUT2D eigenvalue weighted by Crippen LogP contribution is 2.49. The van der Waals surface area contributed by atoms with Crippen molar-refractivity contribution in [1.29, 1.82) is 0 Å². The monoisotopic (exact) mass is 287 g/mol. The molecule has 3 rings (SSSR count). The van der Waals surface area contributed by atoms with Crippen molar-refractivity contribution >= 4 is 18.4 Å². The first-order valence-electron chi connectivity index (χ1n) is 7.66. The van der Waals surface area contributed by atoms with Crippen LogP contribution in [-0.2, 0) is 4.79 Å². The Bertz CT molecular complexity index is 330. The van der Waals surface area contributed by atoms with Crippen LogP contribution in [0.3, 0.4) is 0 Å². The molecular weight excluding hydrogens is 262 g/mol. The highest BCUT2D eigenvalue weighted by molar-refractivity contribution is 5.85. The molecule has 1 aliphatic heterocycles. The smallest absolute Gasteiger partial charge is 0.311 e. The average Bonchev–Trinajstić information content (AvgIpc) is 3.01. The molecule has 3 nitrogen and oxygen atoms in total. The third kappa shape index (κ3) is 2.78. The lowest BCUT2D eigenvalue weighted by Gasteiger charge is -2.24. The van der Waals surface area contributed by atoms with Crippen molar-refractivity contribution in [3.63, 3.8) is 0 Å². The van der Waals surface area contributed by atoms with E-state index < -0.39 is 5.97 Å². The number of hydrogen-bond donors (Lipinski definition) is 1. The standard InChI is InChI=1S/C15H25NO2.ClH/c17-14(18)15-8-3-6-13(15)10-16(11-15)9-7-12-4-1-2-5-12;/h12-13H,1-11H2,(H,17,18);1H/t13-,15+;/m0./s1. The van der Waals surface area contributed by atoms with Crippen molar-refractivity contribution < 1.29 is 9.90 Å². The van der Waals surface area contributed by atoms with Crippen LogP contribution in [-0.4, -0.2) is 35.6 Å². The molecule has 0 radical (unpaired) electrons. The minimum atomic E-state index is -0.534. The Morgan fingerprint density at radius 2 is 1.95 bits per heavy atom. The molecule has 0 aromatic carbocycles. The first-order valence-corrected chi connectivity index (χ1v) is 7.66. The molecule has 0 amide bonds. The predicted octanol–water partition coefficient (Wildman–Crippen LogP) is 3.18. The van der Waals surface area contributed by atoms with Crippen molar-refractivity contribution in [2.24, 2.45) is 17.3 Å². The number of nitrogens with zero attached hydrogens (tertiary/aromatic N) is 1. The number of carboxylic acid groups (broad SMARTS) is 1. The minimum absolute atomic E-state index is 0. The zero-order chi connectivity index (χ0) is 12.6. The summed E-state index contributed by atoms with van der Waals surface area (Å²) in [4.78, 5) is 14.0. The van der Waals surface area contributed by atoms with E-state index in [2.05, 4.69) is 4.90 Å². The molecule has 1 N–H and O–H groups in total. The fourth-order valence-corrected chi connectivity index (χ4v) is 4.58. The fourth-order valence-electron chi connectivity index (χ4n) is 4.58. The molecule has 0 unspecified atom stereocenters. The van der Waals surface area contributed by atoms with E-state index in [9.17, 15) is 9.90 Å². The van der Waals surface area contributed by atoms with Crippen LogP contribution in [0.5, 0.6) is 0 Å². The molecule has 0 spiro atoms. The summed E-state index contributed by atoms with van der Waals surface area (Å²) in [7, 11) is 0. The molecule has 2 aliphatic carbocycles. The summed E-state index contributed by atoms with van der Waals surface area (Å²) in [5.41, 5.74) is -0.379. The Morgan fingerprint density at radius 3 is 2.58 bits per heavy atom. The van der Waals surface area contributed by atoms with E-state index >= 15 is 0 Å². The van der Waals surface area contributed by atoms with E-state index in [1.165, 1.54) is 32.1 Å². The van der Waals surface area contributed by atoms with Gasteiger partial charge in [0.2, 0.25) is 0 Å². The molecule has 0 aromatic heterocycles. The number of halogens is 1. The topological polar surface area (TPSA) is 40.5 Å². The number of rotatable bonds is 4. The van der Waals surface area contributed by atoms with Crippen molar-refractivity contribution in [1.82, 2.24) is 4.90 Å². The largest absolute Gasteiger partial charge is 0.481 e. The Morgan fingerprint density at radius 1 is 1.21 bits per heavy atom. The number of hydrogen-bond acceptors (Lipinski definition) is 2. The molecule has 1 heterocycles. The molecule has 0 aromatic rings. The highest BCUT2D eigenvalue weighted by Gasteiger charge is 2.54. The van der Waals surface area contributed by atoms with Crippen LogP contribution in [0.15, 0.2) is 0 Å². The van der Waals surface area contributed by atoms with Crippen molar-refractivity contribution in [2.45, 2.75) is 51.4 Å². The fraction of sp³-hybridized carbons (Fsp3) is 0.933. The van der Waals surface area contributed by atoms with Crippen LogP contribution < -0.4 is 0 Å². The number of fused-ring (bicyclic) bond motifs is 1. The molecule has 1 saturated heterocycles. The van der Waals surface area contributed by atoms with E-state index in [-0.39, 0.29) is 17.8 Å². The van der Waals surface area contributed by atoms with E-state index in [1.807, 2.05) is 0 Å². The second-order valence-corrected chi connectivity index (χ2v) is 6.72. The zero-order valence-electron chi connectivity index (χ0n) is 11.6. The van der Waals surface area contributed by atoms with Gasteiger partial charge in [0.05, 0.1) is 5.41 Å². The van der Waals surface area contributed by atoms with Gasteiger partial charge < -0.3 is 10.0 Å². The minimum Gasteiger partial charge on any atom is -0.481 e. The van der Waals surface area contributed by atoms with Gasteiger partial charge in [-0.1, -0.05) is 32.1 Å². The normalized spacial score (nSPS) is 35.3. The van der Waals surface area contributed by atoms with Crippen LogP contribution in [0.1, 0.15) is 51.4 Å². The van der Waals surface area contributed by atoms with Gasteiger partial charge in [0.1, 0.15) is 0 Å². The predicted molar refractivity (Wildman–Crippen MR) is 77.7 cm³/mol. The van der Waals surface area contributed by atoms with Gasteiger partial charge in [-0.05, 0) is 37.6 Å². The molecule has 2 saturated carbocycles. The lowest BCUT2D eigenvalue weighted by Crippen LogP contribution is -2.36. The zero-order valence-corrected chi connectivity index (χ0v) is 12.5. The molecule has 4 heteroatoms. The summed E-state index contributed by atoms with van der Waals surface area (Å²) >= 11 is 0. The van der Waals surface area contributed by atoms with Gasteiger partial charge in [-0.2, -0.15) is 0 Å². The molecular formula is C15H26ClNO2. The lowest BCUT2D eigenvalue weighted by molar-refractivity contribution is -0.149. The quantitative estimate of drug-likeness (QED) is 0.863. The van der Waals surface area contributed by atoms with Gasteiger partial charge in [0.25, 0.3) is 0 Å². The summed E-state index contributed by atoms with van der Waals surface area (Å²) in [6, 6.07) is 0. The van der Waals surface area contributed by atoms with E-state index in [4.69, 9.17) is 0 Å². The number of carboxylic acids is 1. The first kappa shape index (κ1) is 15.1. The highest BCUT2D eigenvalue weighted by atomic mass is 35.5. The van der Waals surface area contributed by atoms with Crippen LogP contribution in [0, 0.1) is 17.3 Å². The van der Waals surface area contributed by atoms with Gasteiger partial charge in [0.15, 0.2) is 0 Å². The third-order valence-corrected chi connectivity index (χ3v) is 5.70.